The molecular weight excluding hydrogens is 284 g/mol. The zero-order valence-electron chi connectivity index (χ0n) is 7.85. The van der Waals surface area contributed by atoms with Gasteiger partial charge in [-0.15, -0.1) is 0 Å². The third kappa shape index (κ3) is 3.39. The van der Waals surface area contributed by atoms with E-state index in [1.165, 1.54) is 0 Å². The Balaban J connectivity index is 3.51. The molecule has 0 aliphatic carbocycles. The van der Waals surface area contributed by atoms with E-state index in [0.29, 0.717) is 6.07 Å². The average molecular weight is 290 g/mol. The van der Waals surface area contributed by atoms with Crippen LogP contribution in [0.5, 0.6) is 0 Å². The summed E-state index contributed by atoms with van der Waals surface area (Å²) in [7, 11) is -3.17. The van der Waals surface area contributed by atoms with Gasteiger partial charge in [0.25, 0.3) is 0 Å². The summed E-state index contributed by atoms with van der Waals surface area (Å²) in [5, 5.41) is 0. The van der Waals surface area contributed by atoms with Gasteiger partial charge in [0.2, 0.25) is 0 Å². The van der Waals surface area contributed by atoms with Crippen molar-refractivity contribution in [3.05, 3.63) is 29.8 Å². The molecule has 0 fully saturated rings. The molecule has 1 aromatic rings. The Hall–Kier alpha value is -0.730. The normalized spacial score (nSPS) is 15.5. The van der Waals surface area contributed by atoms with E-state index in [-0.39, 0.29) is 0 Å². The zero-order valence-corrected chi connectivity index (χ0v) is 10.2. The number of benzene rings is 1. The molecule has 0 saturated carbocycles. The molecule has 1 aromatic carbocycles. The fourth-order valence-electron chi connectivity index (χ4n) is 0.992. The van der Waals surface area contributed by atoms with Crippen molar-refractivity contribution in [2.24, 2.45) is 3.77 Å². The molecule has 16 heavy (non-hydrogen) atoms. The summed E-state index contributed by atoms with van der Waals surface area (Å²) in [6.07, 6.45) is 0.892. The van der Waals surface area contributed by atoms with E-state index in [0.717, 1.165) is 18.4 Å². The predicted molar refractivity (Wildman–Crippen MR) is 55.9 cm³/mol. The maximum atomic E-state index is 13.2. The lowest BCUT2D eigenvalue weighted by atomic mass is 10.3. The second kappa shape index (κ2) is 4.27. The Bertz CT molecular complexity index is 635. The highest BCUT2D eigenvalue weighted by Gasteiger charge is 2.16. The van der Waals surface area contributed by atoms with Gasteiger partial charge in [-0.3, -0.25) is 0 Å². The van der Waals surface area contributed by atoms with Gasteiger partial charge in [-0.1, -0.05) is 3.77 Å². The van der Waals surface area contributed by atoms with E-state index < -0.39 is 35.5 Å². The molecule has 9 heteroatoms. The van der Waals surface area contributed by atoms with Gasteiger partial charge in [0.05, 0.1) is 14.6 Å². The molecule has 0 heterocycles. The van der Waals surface area contributed by atoms with Crippen molar-refractivity contribution in [2.45, 2.75) is 4.90 Å². The van der Waals surface area contributed by atoms with E-state index in [2.05, 4.69) is 3.77 Å². The first kappa shape index (κ1) is 13.3. The minimum atomic E-state index is -4.40. The molecule has 90 valence electrons. The van der Waals surface area contributed by atoms with Gasteiger partial charge in [-0.05, 0) is 12.1 Å². The minimum Gasteiger partial charge on any atom is -0.244 e. The molecule has 0 aliphatic heterocycles. The highest BCUT2D eigenvalue weighted by Crippen LogP contribution is 2.19. The van der Waals surface area contributed by atoms with Crippen molar-refractivity contribution in [2.75, 3.05) is 6.26 Å². The first-order chi connectivity index (χ1) is 7.12. The standard InChI is InChI=1S/C7H6ClF2NO3S2/c1-15(12,11-16(8,13)14)7-3-2-5(9)4-6(7)10/h2-4H,1H3/t15-/m0/s1. The molecule has 0 bridgehead atoms. The maximum absolute atomic E-state index is 13.2. The van der Waals surface area contributed by atoms with Gasteiger partial charge in [0, 0.05) is 23.0 Å². The molecular formula is C7H6ClF2NO3S2. The lowest BCUT2D eigenvalue weighted by molar-refractivity contribution is 0.562. The number of hydrogen-bond donors (Lipinski definition) is 0. The zero-order chi connectivity index (χ0) is 12.6. The van der Waals surface area contributed by atoms with E-state index in [1.54, 1.807) is 0 Å². The van der Waals surface area contributed by atoms with Crippen LogP contribution in [0.15, 0.2) is 26.9 Å². The Labute approximate surface area is 96.0 Å². The van der Waals surface area contributed by atoms with Crippen LogP contribution in [0, 0.1) is 11.6 Å². The SMILES string of the molecule is C[S@@](=O)(=NS(=O)(=O)Cl)c1ccc(F)cc1F. The van der Waals surface area contributed by atoms with Crippen molar-refractivity contribution < 1.29 is 21.4 Å². The first-order valence-electron chi connectivity index (χ1n) is 3.75. The van der Waals surface area contributed by atoms with E-state index >= 15 is 0 Å². The second-order valence-corrected chi connectivity index (χ2v) is 7.50. The molecule has 1 rings (SSSR count). The molecule has 0 aromatic heterocycles. The van der Waals surface area contributed by atoms with E-state index in [1.807, 2.05) is 0 Å². The topological polar surface area (TPSA) is 63.6 Å². The average Bonchev–Trinajstić information content (AvgIpc) is 1.97. The van der Waals surface area contributed by atoms with Gasteiger partial charge in [-0.25, -0.2) is 13.0 Å². The van der Waals surface area contributed by atoms with Crippen molar-refractivity contribution in [3.63, 3.8) is 0 Å². The number of nitrogens with zero attached hydrogens (tertiary/aromatic N) is 1. The Kier molecular flexibility index (Phi) is 3.56. The summed E-state index contributed by atoms with van der Waals surface area (Å²) in [6, 6.07) is 2.19. The number of hydrogen-bond acceptors (Lipinski definition) is 3. The summed E-state index contributed by atoms with van der Waals surface area (Å²) in [5.74, 6) is -2.01. The van der Waals surface area contributed by atoms with Crippen LogP contribution in [0.4, 0.5) is 8.78 Å². The van der Waals surface area contributed by atoms with Crippen LogP contribution in [0.3, 0.4) is 0 Å². The molecule has 0 radical (unpaired) electrons. The molecule has 0 saturated heterocycles. The molecule has 0 unspecified atom stereocenters. The maximum Gasteiger partial charge on any atom is 0.347 e. The molecule has 0 spiro atoms. The van der Waals surface area contributed by atoms with Gasteiger partial charge >= 0.3 is 9.24 Å². The molecule has 4 nitrogen and oxygen atoms in total. The molecule has 0 N–H and O–H groups in total. The third-order valence-corrected chi connectivity index (χ3v) is 5.04. The lowest BCUT2D eigenvalue weighted by Crippen LogP contribution is -2.03. The Morgan fingerprint density at radius 2 is 1.81 bits per heavy atom. The summed E-state index contributed by atoms with van der Waals surface area (Å²) >= 11 is 0. The predicted octanol–water partition coefficient (Wildman–Crippen LogP) is 1.91. The van der Waals surface area contributed by atoms with Gasteiger partial charge in [-0.2, -0.15) is 8.42 Å². The summed E-state index contributed by atoms with van der Waals surface area (Å²) in [4.78, 5) is -0.516. The molecule has 0 aliphatic rings. The second-order valence-electron chi connectivity index (χ2n) is 2.86. The summed E-state index contributed by atoms with van der Waals surface area (Å²) in [6.45, 7) is 0. The van der Waals surface area contributed by atoms with Gasteiger partial charge < -0.3 is 0 Å². The van der Waals surface area contributed by atoms with Gasteiger partial charge in [0.1, 0.15) is 11.6 Å². The number of halogens is 3. The van der Waals surface area contributed by atoms with E-state index in [4.69, 9.17) is 10.7 Å². The molecule has 0 amide bonds. The van der Waals surface area contributed by atoms with Crippen LogP contribution >= 0.6 is 10.7 Å². The summed E-state index contributed by atoms with van der Waals surface area (Å²) in [5.41, 5.74) is 0. The largest absolute Gasteiger partial charge is 0.347 e. The highest BCUT2D eigenvalue weighted by atomic mass is 35.7. The molecule has 1 atom stereocenters. The van der Waals surface area contributed by atoms with Crippen LogP contribution in [0.25, 0.3) is 0 Å². The fourth-order valence-corrected chi connectivity index (χ4v) is 4.38. The first-order valence-corrected chi connectivity index (χ1v) is 7.94. The monoisotopic (exact) mass is 289 g/mol. The summed E-state index contributed by atoms with van der Waals surface area (Å²) < 4.78 is 61.6. The quantitative estimate of drug-likeness (QED) is 0.781. The Morgan fingerprint density at radius 1 is 1.25 bits per heavy atom. The van der Waals surface area contributed by atoms with Crippen molar-refractivity contribution in [1.82, 2.24) is 0 Å². The van der Waals surface area contributed by atoms with Crippen LogP contribution < -0.4 is 0 Å². The highest BCUT2D eigenvalue weighted by molar-refractivity contribution is 8.17. The van der Waals surface area contributed by atoms with Crippen LogP contribution in [-0.4, -0.2) is 18.9 Å². The lowest BCUT2D eigenvalue weighted by Gasteiger charge is -2.04. The van der Waals surface area contributed by atoms with Crippen LogP contribution in [-0.2, 0) is 19.0 Å². The van der Waals surface area contributed by atoms with Gasteiger partial charge in [0.15, 0.2) is 0 Å². The van der Waals surface area contributed by atoms with Crippen LogP contribution in [0.2, 0.25) is 0 Å². The van der Waals surface area contributed by atoms with Crippen LogP contribution in [0.1, 0.15) is 0 Å². The third-order valence-electron chi connectivity index (χ3n) is 1.53. The Morgan fingerprint density at radius 3 is 2.25 bits per heavy atom. The fraction of sp³-hybridized carbons (Fsp3) is 0.143. The number of rotatable bonds is 2. The van der Waals surface area contributed by atoms with Crippen molar-refractivity contribution in [1.29, 1.82) is 0 Å². The van der Waals surface area contributed by atoms with Crippen molar-refractivity contribution >= 4 is 29.6 Å². The van der Waals surface area contributed by atoms with Crippen molar-refractivity contribution in [3.8, 4) is 0 Å². The smallest absolute Gasteiger partial charge is 0.244 e. The minimum absolute atomic E-state index is 0.481. The van der Waals surface area contributed by atoms with E-state index in [9.17, 15) is 21.4 Å².